The molecule has 1 amide bonds. The summed E-state index contributed by atoms with van der Waals surface area (Å²) >= 11 is 0. The molecule has 0 aromatic rings. The molecule has 0 aromatic carbocycles. The first-order chi connectivity index (χ1) is 26.0. The van der Waals surface area contributed by atoms with Gasteiger partial charge in [0.25, 0.3) is 0 Å². The van der Waals surface area contributed by atoms with Gasteiger partial charge < -0.3 is 19.8 Å². The summed E-state index contributed by atoms with van der Waals surface area (Å²) in [5, 5.41) is 14.0. The number of likely N-dealkylation sites (N-methyl/N-ethyl adjacent to an activating group) is 1. The van der Waals surface area contributed by atoms with Crippen molar-refractivity contribution in [2.24, 2.45) is 0 Å². The van der Waals surface area contributed by atoms with E-state index < -0.39 is 20.0 Å². The highest BCUT2D eigenvalue weighted by atomic mass is 31.2. The van der Waals surface area contributed by atoms with Crippen LogP contribution in [0.1, 0.15) is 206 Å². The summed E-state index contributed by atoms with van der Waals surface area (Å²) in [5.74, 6) is -0.159. The van der Waals surface area contributed by atoms with Crippen LogP contribution >= 0.6 is 7.82 Å². The van der Waals surface area contributed by atoms with Gasteiger partial charge in [-0.25, -0.2) is 4.57 Å². The Morgan fingerprint density at radius 3 is 1.59 bits per heavy atom. The van der Waals surface area contributed by atoms with E-state index in [1.54, 1.807) is 0 Å². The molecule has 0 fully saturated rings. The van der Waals surface area contributed by atoms with Crippen molar-refractivity contribution in [3.05, 3.63) is 24.3 Å². The van der Waals surface area contributed by atoms with Crippen LogP contribution in [0.4, 0.5) is 0 Å². The summed E-state index contributed by atoms with van der Waals surface area (Å²) in [6.07, 6.45) is 43.5. The maximum absolute atomic E-state index is 12.9. The van der Waals surface area contributed by atoms with Crippen molar-refractivity contribution >= 4 is 13.7 Å². The zero-order chi connectivity index (χ0) is 40.0. The number of carbonyl (C=O) groups excluding carboxylic acids is 1. The van der Waals surface area contributed by atoms with E-state index >= 15 is 0 Å². The molecule has 0 aliphatic heterocycles. The lowest BCUT2D eigenvalue weighted by atomic mass is 10.0. The third-order valence-corrected chi connectivity index (χ3v) is 11.2. The van der Waals surface area contributed by atoms with Crippen molar-refractivity contribution < 1.29 is 32.9 Å². The van der Waals surface area contributed by atoms with Gasteiger partial charge in [-0.1, -0.05) is 186 Å². The van der Waals surface area contributed by atoms with Gasteiger partial charge in [0.05, 0.1) is 39.9 Å². The SMILES string of the molecule is CCC/C=C\C/C=C\CCCCCCCC(=O)NC(COP(=O)(O)OCC[N+](C)(C)C)C(O)CCCCCCCCCCCCCCCCCCCCC. The van der Waals surface area contributed by atoms with E-state index in [4.69, 9.17) is 9.05 Å². The first kappa shape index (κ1) is 53.0. The molecular formula is C45H90N2O6P+. The largest absolute Gasteiger partial charge is 0.472 e. The molecule has 0 saturated heterocycles. The first-order valence-corrected chi connectivity index (χ1v) is 24.2. The number of carbonyl (C=O) groups is 1. The van der Waals surface area contributed by atoms with Crippen molar-refractivity contribution in [1.29, 1.82) is 0 Å². The second-order valence-corrected chi connectivity index (χ2v) is 18.2. The van der Waals surface area contributed by atoms with Gasteiger partial charge in [-0.3, -0.25) is 13.8 Å². The Bertz CT molecular complexity index is 938. The second-order valence-electron chi connectivity index (χ2n) is 16.8. The lowest BCUT2D eigenvalue weighted by Crippen LogP contribution is -2.46. The zero-order valence-electron chi connectivity index (χ0n) is 36.2. The molecule has 0 rings (SSSR count). The minimum absolute atomic E-state index is 0.0723. The third kappa shape index (κ3) is 39.2. The molecule has 320 valence electrons. The minimum atomic E-state index is -4.31. The maximum atomic E-state index is 12.9. The average Bonchev–Trinajstić information content (AvgIpc) is 3.12. The Morgan fingerprint density at radius 2 is 1.09 bits per heavy atom. The van der Waals surface area contributed by atoms with Gasteiger partial charge in [-0.2, -0.15) is 0 Å². The number of aliphatic hydroxyl groups is 1. The topological polar surface area (TPSA) is 105 Å². The van der Waals surface area contributed by atoms with Crippen LogP contribution in [0.15, 0.2) is 24.3 Å². The van der Waals surface area contributed by atoms with E-state index in [0.29, 0.717) is 23.9 Å². The fourth-order valence-electron chi connectivity index (χ4n) is 6.55. The minimum Gasteiger partial charge on any atom is -0.391 e. The van der Waals surface area contributed by atoms with Crippen LogP contribution in [0.3, 0.4) is 0 Å². The number of rotatable bonds is 41. The van der Waals surface area contributed by atoms with Crippen molar-refractivity contribution in [3.63, 3.8) is 0 Å². The summed E-state index contributed by atoms with van der Waals surface area (Å²) in [4.78, 5) is 23.1. The van der Waals surface area contributed by atoms with E-state index in [2.05, 4.69) is 43.5 Å². The summed E-state index contributed by atoms with van der Waals surface area (Å²) in [5.41, 5.74) is 0. The summed E-state index contributed by atoms with van der Waals surface area (Å²) in [6, 6.07) is -0.765. The Balaban J connectivity index is 4.33. The van der Waals surface area contributed by atoms with Gasteiger partial charge >= 0.3 is 7.82 Å². The van der Waals surface area contributed by atoms with Gasteiger partial charge in [0.2, 0.25) is 5.91 Å². The number of unbranched alkanes of at least 4 members (excludes halogenated alkanes) is 24. The molecule has 8 nitrogen and oxygen atoms in total. The number of quaternary nitrogens is 1. The molecule has 54 heavy (non-hydrogen) atoms. The van der Waals surface area contributed by atoms with Crippen molar-refractivity contribution in [2.75, 3.05) is 40.9 Å². The molecule has 0 aromatic heterocycles. The number of hydrogen-bond donors (Lipinski definition) is 3. The van der Waals surface area contributed by atoms with E-state index in [9.17, 15) is 19.4 Å². The van der Waals surface area contributed by atoms with Crippen LogP contribution in [0.25, 0.3) is 0 Å². The lowest BCUT2D eigenvalue weighted by Gasteiger charge is -2.26. The summed E-state index contributed by atoms with van der Waals surface area (Å²) in [7, 11) is 1.61. The van der Waals surface area contributed by atoms with Gasteiger partial charge in [0.1, 0.15) is 13.2 Å². The lowest BCUT2D eigenvalue weighted by molar-refractivity contribution is -0.870. The number of allylic oxidation sites excluding steroid dienone is 4. The predicted molar refractivity (Wildman–Crippen MR) is 231 cm³/mol. The summed E-state index contributed by atoms with van der Waals surface area (Å²) in [6.45, 7) is 4.82. The van der Waals surface area contributed by atoms with Gasteiger partial charge in [-0.05, 0) is 38.5 Å². The number of phosphoric ester groups is 1. The standard InChI is InChI=1S/C45H89N2O6P/c1-6-8-10-12-14-16-18-20-21-22-23-24-25-27-28-30-32-34-36-38-44(48)43(42-53-54(50,51)52-41-40-47(3,4)5)46-45(49)39-37-35-33-31-29-26-19-17-15-13-11-9-7-2/h11,13,17,19,43-44,48H,6-10,12,14-16,18,20-42H2,1-5H3,(H-,46,49,50,51)/p+1/b13-11-,19-17-. The molecule has 0 saturated carbocycles. The van der Waals surface area contributed by atoms with Crippen molar-refractivity contribution in [2.45, 2.75) is 219 Å². The van der Waals surface area contributed by atoms with Crippen LogP contribution in [-0.2, 0) is 18.4 Å². The molecule has 0 bridgehead atoms. The molecular weight excluding hydrogens is 695 g/mol. The van der Waals surface area contributed by atoms with Crippen molar-refractivity contribution in [1.82, 2.24) is 5.32 Å². The Hall–Kier alpha value is -1.02. The Morgan fingerprint density at radius 1 is 0.630 bits per heavy atom. The molecule has 9 heteroatoms. The van der Waals surface area contributed by atoms with Crippen LogP contribution in [0.2, 0.25) is 0 Å². The quantitative estimate of drug-likeness (QED) is 0.0247. The molecule has 3 N–H and O–H groups in total. The van der Waals surface area contributed by atoms with E-state index in [1.807, 2.05) is 21.1 Å². The number of amides is 1. The maximum Gasteiger partial charge on any atom is 0.472 e. The normalized spacial score (nSPS) is 14.6. The highest BCUT2D eigenvalue weighted by Gasteiger charge is 2.28. The van der Waals surface area contributed by atoms with E-state index in [-0.39, 0.29) is 19.1 Å². The number of nitrogens with zero attached hydrogens (tertiary/aromatic N) is 1. The summed E-state index contributed by atoms with van der Waals surface area (Å²) < 4.78 is 23.6. The van der Waals surface area contributed by atoms with Crippen LogP contribution in [0, 0.1) is 0 Å². The monoisotopic (exact) mass is 786 g/mol. The molecule has 0 aliphatic carbocycles. The first-order valence-electron chi connectivity index (χ1n) is 22.7. The number of hydrogen-bond acceptors (Lipinski definition) is 5. The Labute approximate surface area is 334 Å². The predicted octanol–water partition coefficient (Wildman–Crippen LogP) is 12.5. The van der Waals surface area contributed by atoms with E-state index in [0.717, 1.165) is 70.6 Å². The number of nitrogens with one attached hydrogen (secondary N) is 1. The van der Waals surface area contributed by atoms with Crippen LogP contribution in [0.5, 0.6) is 0 Å². The van der Waals surface area contributed by atoms with Crippen LogP contribution in [-0.4, -0.2) is 73.4 Å². The van der Waals surface area contributed by atoms with Gasteiger partial charge in [0, 0.05) is 6.42 Å². The smallest absolute Gasteiger partial charge is 0.391 e. The van der Waals surface area contributed by atoms with Crippen LogP contribution < -0.4 is 5.32 Å². The number of phosphoric acid groups is 1. The average molecular weight is 786 g/mol. The zero-order valence-corrected chi connectivity index (χ0v) is 37.1. The highest BCUT2D eigenvalue weighted by Crippen LogP contribution is 2.43. The fourth-order valence-corrected chi connectivity index (χ4v) is 7.29. The number of aliphatic hydroxyl groups excluding tert-OH is 1. The van der Waals surface area contributed by atoms with Gasteiger partial charge in [-0.15, -0.1) is 0 Å². The molecule has 0 radical (unpaired) electrons. The third-order valence-electron chi connectivity index (χ3n) is 10.2. The van der Waals surface area contributed by atoms with Gasteiger partial charge in [0.15, 0.2) is 0 Å². The molecule has 3 atom stereocenters. The highest BCUT2D eigenvalue weighted by molar-refractivity contribution is 7.47. The Kier molecular flexibility index (Phi) is 36.8. The van der Waals surface area contributed by atoms with E-state index in [1.165, 1.54) is 109 Å². The van der Waals surface area contributed by atoms with Crippen molar-refractivity contribution in [3.8, 4) is 0 Å². The molecule has 3 unspecified atom stereocenters. The second kappa shape index (κ2) is 37.6. The molecule has 0 spiro atoms. The fraction of sp³-hybridized carbons (Fsp3) is 0.889. The molecule has 0 heterocycles. The molecule has 0 aliphatic rings.